The molecule has 0 amide bonds. The molecular formula is C14H16N2O4S. The maximum Gasteiger partial charge on any atom is 0.339 e. The molecule has 0 fully saturated rings. The van der Waals surface area contributed by atoms with Crippen LogP contribution < -0.4 is 5.56 Å². The summed E-state index contributed by atoms with van der Waals surface area (Å²) in [5.41, 5.74) is -0.166. The third-order valence-corrected chi connectivity index (χ3v) is 3.79. The first-order valence-corrected chi connectivity index (χ1v) is 7.55. The van der Waals surface area contributed by atoms with Gasteiger partial charge in [-0.1, -0.05) is 13.3 Å². The van der Waals surface area contributed by atoms with Crippen LogP contribution in [0.15, 0.2) is 16.5 Å². The monoisotopic (exact) mass is 308 g/mol. The van der Waals surface area contributed by atoms with Crippen molar-refractivity contribution in [3.8, 4) is 0 Å². The Hall–Kier alpha value is -2.02. The lowest BCUT2D eigenvalue weighted by Gasteiger charge is -2.04. The topological polar surface area (TPSA) is 78.3 Å². The van der Waals surface area contributed by atoms with Crippen molar-refractivity contribution in [2.24, 2.45) is 0 Å². The van der Waals surface area contributed by atoms with Gasteiger partial charge in [0.25, 0.3) is 5.56 Å². The smallest absolute Gasteiger partial charge is 0.339 e. The molecule has 2 rings (SSSR count). The summed E-state index contributed by atoms with van der Waals surface area (Å²) in [5, 5.41) is 1.80. The fraction of sp³-hybridized carbons (Fsp3) is 0.429. The molecule has 2 heterocycles. The molecule has 0 N–H and O–H groups in total. The van der Waals surface area contributed by atoms with Crippen LogP contribution in [0.2, 0.25) is 0 Å². The second-order valence-electron chi connectivity index (χ2n) is 4.70. The highest BCUT2D eigenvalue weighted by Gasteiger charge is 2.18. The van der Waals surface area contributed by atoms with Crippen LogP contribution in [0.5, 0.6) is 0 Å². The molecule has 0 aromatic carbocycles. The zero-order chi connectivity index (χ0) is 15.4. The van der Waals surface area contributed by atoms with Crippen molar-refractivity contribution < 1.29 is 14.3 Å². The third-order valence-electron chi connectivity index (χ3n) is 2.90. The van der Waals surface area contributed by atoms with Gasteiger partial charge in [-0.2, -0.15) is 0 Å². The molecule has 0 atom stereocenters. The number of aromatic nitrogens is 2. The minimum absolute atomic E-state index is 0.0536. The van der Waals surface area contributed by atoms with Crippen molar-refractivity contribution in [3.63, 3.8) is 0 Å². The minimum atomic E-state index is -0.519. The van der Waals surface area contributed by atoms with Gasteiger partial charge in [-0.15, -0.1) is 11.3 Å². The molecule has 2 aromatic heterocycles. The van der Waals surface area contributed by atoms with E-state index >= 15 is 0 Å². The molecule has 0 bridgehead atoms. The predicted octanol–water partition coefficient (Wildman–Crippen LogP) is 2.00. The van der Waals surface area contributed by atoms with Gasteiger partial charge < -0.3 is 4.74 Å². The molecule has 0 aliphatic heterocycles. The maximum atomic E-state index is 12.3. The number of rotatable bonds is 6. The Kier molecular flexibility index (Phi) is 4.85. The lowest BCUT2D eigenvalue weighted by molar-refractivity contribution is -0.117. The summed E-state index contributed by atoms with van der Waals surface area (Å²) in [7, 11) is 0. The van der Waals surface area contributed by atoms with Crippen molar-refractivity contribution in [2.45, 2.75) is 33.2 Å². The van der Waals surface area contributed by atoms with Gasteiger partial charge >= 0.3 is 5.97 Å². The number of carbonyl (C=O) groups excluding carboxylic acids is 2. The number of hydrogen-bond acceptors (Lipinski definition) is 6. The molecule has 7 heteroatoms. The van der Waals surface area contributed by atoms with Crippen LogP contribution in [0.4, 0.5) is 0 Å². The van der Waals surface area contributed by atoms with Gasteiger partial charge in [0.15, 0.2) is 0 Å². The van der Waals surface area contributed by atoms with Gasteiger partial charge in [-0.25, -0.2) is 9.78 Å². The number of ketones is 1. The molecule has 0 saturated carbocycles. The molecule has 0 spiro atoms. The summed E-state index contributed by atoms with van der Waals surface area (Å²) in [6.07, 6.45) is 3.03. The Labute approximate surface area is 125 Å². The van der Waals surface area contributed by atoms with Gasteiger partial charge in [0.1, 0.15) is 10.6 Å². The quantitative estimate of drug-likeness (QED) is 0.602. The van der Waals surface area contributed by atoms with Crippen LogP contribution in [-0.4, -0.2) is 27.9 Å². The lowest BCUT2D eigenvalue weighted by atomic mass is 10.2. The Morgan fingerprint density at radius 2 is 2.19 bits per heavy atom. The fourth-order valence-corrected chi connectivity index (χ4v) is 2.72. The summed E-state index contributed by atoms with van der Waals surface area (Å²) >= 11 is 1.21. The standard InChI is InChI=1S/C14H16N2O4S/c1-3-4-5-20-14(19)10-7-21-12-11(10)13(18)16(8-15-12)6-9(2)17/h7-8H,3-6H2,1-2H3. The highest BCUT2D eigenvalue weighted by Crippen LogP contribution is 2.21. The van der Waals surface area contributed by atoms with Crippen molar-refractivity contribution >= 4 is 33.3 Å². The van der Waals surface area contributed by atoms with Crippen molar-refractivity contribution in [1.82, 2.24) is 9.55 Å². The van der Waals surface area contributed by atoms with E-state index < -0.39 is 5.97 Å². The Balaban J connectivity index is 2.39. The zero-order valence-corrected chi connectivity index (χ0v) is 12.7. The van der Waals surface area contributed by atoms with E-state index in [9.17, 15) is 14.4 Å². The summed E-state index contributed by atoms with van der Waals surface area (Å²) < 4.78 is 6.34. The molecule has 0 unspecified atom stereocenters. The Bertz CT molecular complexity index is 732. The summed E-state index contributed by atoms with van der Waals surface area (Å²) in [5.74, 6) is -0.672. The van der Waals surface area contributed by atoms with Gasteiger partial charge in [-0.05, 0) is 13.3 Å². The number of unbranched alkanes of at least 4 members (excludes halogenated alkanes) is 1. The molecule has 2 aromatic rings. The SMILES string of the molecule is CCCCOC(=O)c1csc2ncn(CC(C)=O)c(=O)c12. The number of thiophene rings is 1. The number of esters is 1. The Morgan fingerprint density at radius 1 is 1.43 bits per heavy atom. The van der Waals surface area contributed by atoms with Crippen LogP contribution in [0.1, 0.15) is 37.0 Å². The molecule has 21 heavy (non-hydrogen) atoms. The average molecular weight is 308 g/mol. The first-order chi connectivity index (χ1) is 10.0. The molecule has 0 aliphatic carbocycles. The normalized spacial score (nSPS) is 10.8. The molecule has 0 radical (unpaired) electrons. The van der Waals surface area contributed by atoms with Crippen LogP contribution >= 0.6 is 11.3 Å². The van der Waals surface area contributed by atoms with E-state index in [0.29, 0.717) is 11.4 Å². The molecule has 0 aliphatic rings. The highest BCUT2D eigenvalue weighted by atomic mass is 32.1. The van der Waals surface area contributed by atoms with Gasteiger partial charge in [0.2, 0.25) is 0 Å². The molecule has 0 saturated heterocycles. The molecule has 6 nitrogen and oxygen atoms in total. The summed E-state index contributed by atoms with van der Waals surface area (Å²) in [4.78, 5) is 40.1. The lowest BCUT2D eigenvalue weighted by Crippen LogP contribution is -2.24. The minimum Gasteiger partial charge on any atom is -0.462 e. The first-order valence-electron chi connectivity index (χ1n) is 6.67. The Morgan fingerprint density at radius 3 is 2.86 bits per heavy atom. The second kappa shape index (κ2) is 6.62. The number of hydrogen-bond donors (Lipinski definition) is 0. The number of Topliss-reactive ketones (excluding diaryl/α,β-unsaturated/α-hetero) is 1. The van der Waals surface area contributed by atoms with Gasteiger partial charge in [-0.3, -0.25) is 14.2 Å². The number of ether oxygens (including phenoxy) is 1. The predicted molar refractivity (Wildman–Crippen MR) is 79.8 cm³/mol. The van der Waals surface area contributed by atoms with Crippen LogP contribution in [0.3, 0.4) is 0 Å². The van der Waals surface area contributed by atoms with Crippen molar-refractivity contribution in [2.75, 3.05) is 6.61 Å². The maximum absolute atomic E-state index is 12.3. The van der Waals surface area contributed by atoms with Crippen LogP contribution in [-0.2, 0) is 16.1 Å². The van der Waals surface area contributed by atoms with E-state index in [1.54, 1.807) is 5.38 Å². The second-order valence-corrected chi connectivity index (χ2v) is 5.56. The van der Waals surface area contributed by atoms with Crippen molar-refractivity contribution in [3.05, 3.63) is 27.6 Å². The fourth-order valence-electron chi connectivity index (χ4n) is 1.86. The van der Waals surface area contributed by atoms with Gasteiger partial charge in [0.05, 0.1) is 30.4 Å². The van der Waals surface area contributed by atoms with E-state index in [0.717, 1.165) is 12.8 Å². The van der Waals surface area contributed by atoms with Crippen LogP contribution in [0, 0.1) is 0 Å². The third kappa shape index (κ3) is 3.36. The number of fused-ring (bicyclic) bond motifs is 1. The molecular weight excluding hydrogens is 292 g/mol. The van der Waals surface area contributed by atoms with E-state index in [4.69, 9.17) is 4.74 Å². The largest absolute Gasteiger partial charge is 0.462 e. The van der Waals surface area contributed by atoms with E-state index in [1.165, 1.54) is 29.2 Å². The highest BCUT2D eigenvalue weighted by molar-refractivity contribution is 7.17. The molecule has 112 valence electrons. The van der Waals surface area contributed by atoms with Crippen molar-refractivity contribution in [1.29, 1.82) is 0 Å². The van der Waals surface area contributed by atoms with Crippen LogP contribution in [0.25, 0.3) is 10.2 Å². The zero-order valence-electron chi connectivity index (χ0n) is 11.9. The number of nitrogens with zero attached hydrogens (tertiary/aromatic N) is 2. The first kappa shape index (κ1) is 15.4. The van der Waals surface area contributed by atoms with E-state index in [2.05, 4.69) is 4.98 Å². The summed E-state index contributed by atoms with van der Waals surface area (Å²) in [6, 6.07) is 0. The average Bonchev–Trinajstić information content (AvgIpc) is 2.86. The number of carbonyl (C=O) groups is 2. The summed E-state index contributed by atoms with van der Waals surface area (Å²) in [6.45, 7) is 3.67. The van der Waals surface area contributed by atoms with E-state index in [-0.39, 0.29) is 28.8 Å². The van der Waals surface area contributed by atoms with Gasteiger partial charge in [0, 0.05) is 5.38 Å². The van der Waals surface area contributed by atoms with E-state index in [1.807, 2.05) is 6.92 Å².